The molecule has 0 bridgehead atoms. The molecule has 1 rings (SSSR count). The molecular formula is C13H19NO2. The third kappa shape index (κ3) is 3.57. The van der Waals surface area contributed by atoms with E-state index in [4.69, 9.17) is 5.11 Å². The van der Waals surface area contributed by atoms with Crippen LogP contribution >= 0.6 is 0 Å². The van der Waals surface area contributed by atoms with Crippen LogP contribution < -0.4 is 5.32 Å². The van der Waals surface area contributed by atoms with Crippen molar-refractivity contribution < 1.29 is 9.90 Å². The van der Waals surface area contributed by atoms with Crippen LogP contribution in [0.25, 0.3) is 0 Å². The second-order valence-electron chi connectivity index (χ2n) is 3.89. The van der Waals surface area contributed by atoms with Gasteiger partial charge in [0.1, 0.15) is 6.04 Å². The van der Waals surface area contributed by atoms with Crippen molar-refractivity contribution in [1.82, 2.24) is 0 Å². The number of nitrogens with one attached hydrogen (secondary N) is 1. The molecule has 0 heterocycles. The summed E-state index contributed by atoms with van der Waals surface area (Å²) in [4.78, 5) is 10.8. The predicted octanol–water partition coefficient (Wildman–Crippen LogP) is 2.91. The summed E-state index contributed by atoms with van der Waals surface area (Å²) in [5.74, 6) is -0.805. The third-order valence-corrected chi connectivity index (χ3v) is 2.54. The second kappa shape index (κ2) is 6.16. The highest BCUT2D eigenvalue weighted by Gasteiger charge is 2.13. The van der Waals surface area contributed by atoms with Gasteiger partial charge in [0.2, 0.25) is 0 Å². The fourth-order valence-electron chi connectivity index (χ4n) is 1.60. The van der Waals surface area contributed by atoms with Crippen molar-refractivity contribution >= 4 is 11.7 Å². The first-order valence-electron chi connectivity index (χ1n) is 5.75. The Bertz CT molecular complexity index is 332. The molecule has 0 radical (unpaired) electrons. The SMILES string of the molecule is CCCc1ccc(NC(CC)C(=O)O)cc1. The summed E-state index contributed by atoms with van der Waals surface area (Å²) in [7, 11) is 0. The van der Waals surface area contributed by atoms with Gasteiger partial charge in [-0.25, -0.2) is 4.79 Å². The molecule has 0 amide bonds. The summed E-state index contributed by atoms with van der Waals surface area (Å²) in [6.45, 7) is 4.00. The smallest absolute Gasteiger partial charge is 0.326 e. The second-order valence-corrected chi connectivity index (χ2v) is 3.89. The molecule has 1 atom stereocenters. The first-order chi connectivity index (χ1) is 7.67. The van der Waals surface area contributed by atoms with Crippen LogP contribution in [0.15, 0.2) is 24.3 Å². The Morgan fingerprint density at radius 1 is 1.31 bits per heavy atom. The highest BCUT2D eigenvalue weighted by Crippen LogP contribution is 2.13. The van der Waals surface area contributed by atoms with Gasteiger partial charge in [-0.2, -0.15) is 0 Å². The van der Waals surface area contributed by atoms with Crippen LogP contribution in [0.5, 0.6) is 0 Å². The van der Waals surface area contributed by atoms with Gasteiger partial charge < -0.3 is 10.4 Å². The van der Waals surface area contributed by atoms with Gasteiger partial charge in [-0.15, -0.1) is 0 Å². The van der Waals surface area contributed by atoms with Crippen molar-refractivity contribution in [3.63, 3.8) is 0 Å². The van der Waals surface area contributed by atoms with Crippen LogP contribution in [0.1, 0.15) is 32.3 Å². The van der Waals surface area contributed by atoms with Gasteiger partial charge in [-0.05, 0) is 30.5 Å². The number of hydrogen-bond donors (Lipinski definition) is 2. The summed E-state index contributed by atoms with van der Waals surface area (Å²) in [5, 5.41) is 11.9. The zero-order valence-electron chi connectivity index (χ0n) is 9.86. The van der Waals surface area contributed by atoms with Gasteiger partial charge in [0.05, 0.1) is 0 Å². The summed E-state index contributed by atoms with van der Waals surface area (Å²) in [6, 6.07) is 7.46. The quantitative estimate of drug-likeness (QED) is 0.776. The number of anilines is 1. The van der Waals surface area contributed by atoms with Gasteiger partial charge in [0.15, 0.2) is 0 Å². The minimum atomic E-state index is -0.805. The Morgan fingerprint density at radius 3 is 2.38 bits per heavy atom. The molecule has 0 saturated heterocycles. The van der Waals surface area contributed by atoms with Gasteiger partial charge in [-0.3, -0.25) is 0 Å². The van der Waals surface area contributed by atoms with Crippen molar-refractivity contribution in [3.05, 3.63) is 29.8 Å². The van der Waals surface area contributed by atoms with Crippen molar-refractivity contribution in [2.75, 3.05) is 5.32 Å². The van der Waals surface area contributed by atoms with Crippen LogP contribution in [0.3, 0.4) is 0 Å². The molecular weight excluding hydrogens is 202 g/mol. The Balaban J connectivity index is 2.63. The number of aliphatic carboxylic acids is 1. The molecule has 0 aliphatic carbocycles. The molecule has 0 aliphatic heterocycles. The van der Waals surface area contributed by atoms with Gasteiger partial charge in [0, 0.05) is 5.69 Å². The number of carboxylic acid groups (broad SMARTS) is 1. The Kier molecular flexibility index (Phi) is 4.83. The van der Waals surface area contributed by atoms with Crippen LogP contribution in [-0.4, -0.2) is 17.1 Å². The van der Waals surface area contributed by atoms with E-state index in [2.05, 4.69) is 12.2 Å². The number of aryl methyl sites for hydroxylation is 1. The van der Waals surface area contributed by atoms with E-state index in [9.17, 15) is 4.79 Å². The number of carboxylic acids is 1. The van der Waals surface area contributed by atoms with E-state index in [1.165, 1.54) is 5.56 Å². The minimum Gasteiger partial charge on any atom is -0.480 e. The van der Waals surface area contributed by atoms with E-state index < -0.39 is 12.0 Å². The van der Waals surface area contributed by atoms with Gasteiger partial charge >= 0.3 is 5.97 Å². The first kappa shape index (κ1) is 12.6. The van der Waals surface area contributed by atoms with E-state index in [-0.39, 0.29) is 0 Å². The maximum absolute atomic E-state index is 10.8. The molecule has 0 spiro atoms. The fraction of sp³-hybridized carbons (Fsp3) is 0.462. The van der Waals surface area contributed by atoms with Crippen molar-refractivity contribution in [3.8, 4) is 0 Å². The largest absolute Gasteiger partial charge is 0.480 e. The molecule has 2 N–H and O–H groups in total. The summed E-state index contributed by atoms with van der Waals surface area (Å²) >= 11 is 0. The molecule has 88 valence electrons. The summed E-state index contributed by atoms with van der Waals surface area (Å²) < 4.78 is 0. The summed E-state index contributed by atoms with van der Waals surface area (Å²) in [5.41, 5.74) is 2.16. The maximum atomic E-state index is 10.8. The Hall–Kier alpha value is -1.51. The molecule has 0 aromatic heterocycles. The van der Waals surface area contributed by atoms with Crippen LogP contribution in [0.2, 0.25) is 0 Å². The number of rotatable bonds is 6. The molecule has 3 nitrogen and oxygen atoms in total. The lowest BCUT2D eigenvalue weighted by Crippen LogP contribution is -2.28. The van der Waals surface area contributed by atoms with Crippen molar-refractivity contribution in [2.45, 2.75) is 39.2 Å². The van der Waals surface area contributed by atoms with E-state index in [0.717, 1.165) is 18.5 Å². The topological polar surface area (TPSA) is 49.3 Å². The predicted molar refractivity (Wildman–Crippen MR) is 65.8 cm³/mol. The average molecular weight is 221 g/mol. The van der Waals surface area contributed by atoms with Crippen LogP contribution in [0, 0.1) is 0 Å². The lowest BCUT2D eigenvalue weighted by Gasteiger charge is -2.13. The maximum Gasteiger partial charge on any atom is 0.326 e. The normalized spacial score (nSPS) is 12.1. The van der Waals surface area contributed by atoms with E-state index in [1.807, 2.05) is 31.2 Å². The molecule has 1 aromatic carbocycles. The zero-order chi connectivity index (χ0) is 12.0. The van der Waals surface area contributed by atoms with Gasteiger partial charge in [-0.1, -0.05) is 32.4 Å². The number of benzene rings is 1. The number of carbonyl (C=O) groups is 1. The summed E-state index contributed by atoms with van der Waals surface area (Å²) in [6.07, 6.45) is 2.77. The molecule has 0 aliphatic rings. The first-order valence-corrected chi connectivity index (χ1v) is 5.75. The lowest BCUT2D eigenvalue weighted by atomic mass is 10.1. The van der Waals surface area contributed by atoms with Crippen molar-refractivity contribution in [1.29, 1.82) is 0 Å². The van der Waals surface area contributed by atoms with E-state index in [1.54, 1.807) is 0 Å². The van der Waals surface area contributed by atoms with Crippen molar-refractivity contribution in [2.24, 2.45) is 0 Å². The third-order valence-electron chi connectivity index (χ3n) is 2.54. The Labute approximate surface area is 96.5 Å². The van der Waals surface area contributed by atoms with E-state index >= 15 is 0 Å². The van der Waals surface area contributed by atoms with Crippen LogP contribution in [0.4, 0.5) is 5.69 Å². The van der Waals surface area contributed by atoms with Gasteiger partial charge in [0.25, 0.3) is 0 Å². The molecule has 1 aromatic rings. The number of hydrogen-bond acceptors (Lipinski definition) is 2. The lowest BCUT2D eigenvalue weighted by molar-refractivity contribution is -0.137. The minimum absolute atomic E-state index is 0.503. The zero-order valence-corrected chi connectivity index (χ0v) is 9.86. The molecule has 16 heavy (non-hydrogen) atoms. The highest BCUT2D eigenvalue weighted by molar-refractivity contribution is 5.77. The van der Waals surface area contributed by atoms with Crippen LogP contribution in [-0.2, 0) is 11.2 Å². The molecule has 0 saturated carbocycles. The standard InChI is InChI=1S/C13H19NO2/c1-3-5-10-6-8-11(9-7-10)14-12(4-2)13(15)16/h6-9,12,14H,3-5H2,1-2H3,(H,15,16). The molecule has 3 heteroatoms. The average Bonchev–Trinajstić information content (AvgIpc) is 2.28. The monoisotopic (exact) mass is 221 g/mol. The molecule has 0 fully saturated rings. The molecule has 1 unspecified atom stereocenters. The fourth-order valence-corrected chi connectivity index (χ4v) is 1.60. The Morgan fingerprint density at radius 2 is 1.94 bits per heavy atom. The van der Waals surface area contributed by atoms with E-state index in [0.29, 0.717) is 6.42 Å². The highest BCUT2D eigenvalue weighted by atomic mass is 16.4.